The molecular weight excluding hydrogens is 283 g/mol. The molecule has 1 aliphatic rings. The molecule has 19 heavy (non-hydrogen) atoms. The van der Waals surface area contributed by atoms with Crippen LogP contribution in [0.5, 0.6) is 0 Å². The lowest BCUT2D eigenvalue weighted by molar-refractivity contribution is 0.0692. The van der Waals surface area contributed by atoms with Gasteiger partial charge in [0.1, 0.15) is 0 Å². The molecule has 0 bridgehead atoms. The number of hydrogen-bond donors (Lipinski definition) is 1. The number of nitrogens with one attached hydrogen (secondary N) is 1. The summed E-state index contributed by atoms with van der Waals surface area (Å²) in [6.07, 6.45) is 1.95. The molecular formula is C14H18Cl2N2O. The van der Waals surface area contributed by atoms with Crippen LogP contribution in [-0.4, -0.2) is 36.5 Å². The van der Waals surface area contributed by atoms with Crippen LogP contribution in [0, 0.1) is 0 Å². The van der Waals surface area contributed by atoms with Crippen LogP contribution in [0.25, 0.3) is 0 Å². The van der Waals surface area contributed by atoms with Crippen LogP contribution < -0.4 is 5.32 Å². The summed E-state index contributed by atoms with van der Waals surface area (Å²) in [6.45, 7) is 4.69. The molecule has 104 valence electrons. The third-order valence-electron chi connectivity index (χ3n) is 3.37. The fraction of sp³-hybridized carbons (Fsp3) is 0.500. The first kappa shape index (κ1) is 14.6. The third-order valence-corrected chi connectivity index (χ3v) is 4.11. The fourth-order valence-corrected chi connectivity index (χ4v) is 2.69. The van der Waals surface area contributed by atoms with E-state index >= 15 is 0 Å². The second-order valence-electron chi connectivity index (χ2n) is 4.77. The van der Waals surface area contributed by atoms with Crippen LogP contribution in [0.1, 0.15) is 30.1 Å². The van der Waals surface area contributed by atoms with Gasteiger partial charge in [-0.05, 0) is 37.6 Å². The number of nitrogens with zero attached hydrogens (tertiary/aromatic N) is 1. The van der Waals surface area contributed by atoms with Gasteiger partial charge in [0.25, 0.3) is 5.91 Å². The van der Waals surface area contributed by atoms with Crippen molar-refractivity contribution in [2.45, 2.75) is 25.8 Å². The second-order valence-corrected chi connectivity index (χ2v) is 5.59. The van der Waals surface area contributed by atoms with Gasteiger partial charge >= 0.3 is 0 Å². The quantitative estimate of drug-likeness (QED) is 0.926. The van der Waals surface area contributed by atoms with Crippen molar-refractivity contribution in [3.63, 3.8) is 0 Å². The summed E-state index contributed by atoms with van der Waals surface area (Å²) in [5.74, 6) is 0.0362. The van der Waals surface area contributed by atoms with E-state index in [-0.39, 0.29) is 11.9 Å². The fourth-order valence-electron chi connectivity index (χ4n) is 2.39. The molecule has 0 saturated carbocycles. The zero-order chi connectivity index (χ0) is 13.8. The Morgan fingerprint density at radius 2 is 2.21 bits per heavy atom. The average molecular weight is 301 g/mol. The van der Waals surface area contributed by atoms with E-state index in [0.29, 0.717) is 15.6 Å². The van der Waals surface area contributed by atoms with Gasteiger partial charge < -0.3 is 10.2 Å². The predicted octanol–water partition coefficient (Wildman–Crippen LogP) is 3.21. The maximum atomic E-state index is 12.6. The zero-order valence-corrected chi connectivity index (χ0v) is 12.5. The minimum Gasteiger partial charge on any atom is -0.334 e. The molecule has 0 aromatic heterocycles. The normalized spacial score (nSPS) is 18.6. The molecule has 1 unspecified atom stereocenters. The van der Waals surface area contributed by atoms with E-state index in [4.69, 9.17) is 23.2 Å². The summed E-state index contributed by atoms with van der Waals surface area (Å²) in [6, 6.07) is 5.34. The van der Waals surface area contributed by atoms with E-state index in [0.717, 1.165) is 32.5 Å². The van der Waals surface area contributed by atoms with Gasteiger partial charge in [0.2, 0.25) is 0 Å². The molecule has 0 aliphatic carbocycles. The van der Waals surface area contributed by atoms with Gasteiger partial charge in [0, 0.05) is 24.7 Å². The summed E-state index contributed by atoms with van der Waals surface area (Å²) >= 11 is 11.9. The van der Waals surface area contributed by atoms with Gasteiger partial charge in [-0.15, -0.1) is 0 Å². The summed E-state index contributed by atoms with van der Waals surface area (Å²) in [5.41, 5.74) is 0.606. The van der Waals surface area contributed by atoms with Gasteiger partial charge in [0.05, 0.1) is 10.0 Å². The van der Waals surface area contributed by atoms with E-state index < -0.39 is 0 Å². The summed E-state index contributed by atoms with van der Waals surface area (Å²) in [7, 11) is 0. The molecule has 1 aromatic carbocycles. The highest BCUT2D eigenvalue weighted by atomic mass is 35.5. The SMILES string of the molecule is CCCN(C(=O)c1ccc(Cl)c(Cl)c1)C1CCNC1. The van der Waals surface area contributed by atoms with E-state index in [2.05, 4.69) is 12.2 Å². The van der Waals surface area contributed by atoms with Crippen molar-refractivity contribution in [3.8, 4) is 0 Å². The minimum atomic E-state index is 0.0362. The molecule has 0 radical (unpaired) electrons. The minimum absolute atomic E-state index is 0.0362. The molecule has 1 aliphatic heterocycles. The molecule has 1 saturated heterocycles. The van der Waals surface area contributed by atoms with E-state index in [1.54, 1.807) is 18.2 Å². The first-order chi connectivity index (χ1) is 9.13. The molecule has 1 fully saturated rings. The zero-order valence-electron chi connectivity index (χ0n) is 11.0. The number of halogens is 2. The lowest BCUT2D eigenvalue weighted by Gasteiger charge is -2.28. The highest BCUT2D eigenvalue weighted by molar-refractivity contribution is 6.42. The third kappa shape index (κ3) is 3.41. The largest absolute Gasteiger partial charge is 0.334 e. The topological polar surface area (TPSA) is 32.3 Å². The van der Waals surface area contributed by atoms with Crippen LogP contribution in [0.15, 0.2) is 18.2 Å². The standard InChI is InChI=1S/C14H18Cl2N2O/c1-2-7-18(11-5-6-17-9-11)14(19)10-3-4-12(15)13(16)8-10/h3-4,8,11,17H,2,5-7,9H2,1H3. The lowest BCUT2D eigenvalue weighted by Crippen LogP contribution is -2.42. The van der Waals surface area contributed by atoms with Crippen LogP contribution in [0.3, 0.4) is 0 Å². The second kappa shape index (κ2) is 6.60. The highest BCUT2D eigenvalue weighted by Crippen LogP contribution is 2.24. The Morgan fingerprint density at radius 1 is 1.42 bits per heavy atom. The van der Waals surface area contributed by atoms with Crippen molar-refractivity contribution in [1.29, 1.82) is 0 Å². The average Bonchev–Trinajstić information content (AvgIpc) is 2.92. The molecule has 5 heteroatoms. The Bertz CT molecular complexity index is 459. The Balaban J connectivity index is 2.20. The Labute approximate surface area is 123 Å². The van der Waals surface area contributed by atoms with Crippen molar-refractivity contribution in [2.75, 3.05) is 19.6 Å². The molecule has 2 rings (SSSR count). The highest BCUT2D eigenvalue weighted by Gasteiger charge is 2.26. The van der Waals surface area contributed by atoms with Gasteiger partial charge in [-0.3, -0.25) is 4.79 Å². The monoisotopic (exact) mass is 300 g/mol. The number of hydrogen-bond acceptors (Lipinski definition) is 2. The number of carbonyl (C=O) groups is 1. The summed E-state index contributed by atoms with van der Waals surface area (Å²) < 4.78 is 0. The maximum Gasteiger partial charge on any atom is 0.254 e. The Kier molecular flexibility index (Phi) is 5.08. The van der Waals surface area contributed by atoms with Gasteiger partial charge in [-0.1, -0.05) is 30.1 Å². The van der Waals surface area contributed by atoms with Crippen LogP contribution in [0.2, 0.25) is 10.0 Å². The van der Waals surface area contributed by atoms with E-state index in [1.165, 1.54) is 0 Å². The molecule has 0 spiro atoms. The summed E-state index contributed by atoms with van der Waals surface area (Å²) in [4.78, 5) is 14.5. The molecule has 1 atom stereocenters. The Morgan fingerprint density at radius 3 is 2.79 bits per heavy atom. The van der Waals surface area contributed by atoms with E-state index in [1.807, 2.05) is 4.90 Å². The van der Waals surface area contributed by atoms with Crippen LogP contribution in [0.4, 0.5) is 0 Å². The van der Waals surface area contributed by atoms with Crippen molar-refractivity contribution in [3.05, 3.63) is 33.8 Å². The van der Waals surface area contributed by atoms with Crippen molar-refractivity contribution >= 4 is 29.1 Å². The van der Waals surface area contributed by atoms with E-state index in [9.17, 15) is 4.79 Å². The van der Waals surface area contributed by atoms with Gasteiger partial charge in [-0.25, -0.2) is 0 Å². The smallest absolute Gasteiger partial charge is 0.254 e. The molecule has 3 nitrogen and oxygen atoms in total. The van der Waals surface area contributed by atoms with Crippen molar-refractivity contribution < 1.29 is 4.79 Å². The Hall–Kier alpha value is -0.770. The van der Waals surface area contributed by atoms with Gasteiger partial charge in [-0.2, -0.15) is 0 Å². The molecule has 1 N–H and O–H groups in total. The number of amides is 1. The van der Waals surface area contributed by atoms with Gasteiger partial charge in [0.15, 0.2) is 0 Å². The summed E-state index contributed by atoms with van der Waals surface area (Å²) in [5, 5.41) is 4.20. The predicted molar refractivity (Wildman–Crippen MR) is 79.1 cm³/mol. The molecule has 1 aromatic rings. The maximum absolute atomic E-state index is 12.6. The first-order valence-electron chi connectivity index (χ1n) is 6.60. The number of rotatable bonds is 4. The van der Waals surface area contributed by atoms with Crippen molar-refractivity contribution in [2.24, 2.45) is 0 Å². The van der Waals surface area contributed by atoms with Crippen LogP contribution in [-0.2, 0) is 0 Å². The number of carbonyl (C=O) groups excluding carboxylic acids is 1. The molecule has 1 amide bonds. The number of benzene rings is 1. The molecule has 1 heterocycles. The van der Waals surface area contributed by atoms with Crippen LogP contribution >= 0.6 is 23.2 Å². The lowest BCUT2D eigenvalue weighted by atomic mass is 10.1. The van der Waals surface area contributed by atoms with Crippen molar-refractivity contribution in [1.82, 2.24) is 10.2 Å². The first-order valence-corrected chi connectivity index (χ1v) is 7.35.